The van der Waals surface area contributed by atoms with E-state index in [-0.39, 0.29) is 18.1 Å². The molecule has 0 aromatic heterocycles. The lowest BCUT2D eigenvalue weighted by Gasteiger charge is -2.14. The third-order valence-electron chi connectivity index (χ3n) is 3.58. The molecule has 0 atom stereocenters. The van der Waals surface area contributed by atoms with Crippen LogP contribution in [0.3, 0.4) is 0 Å². The van der Waals surface area contributed by atoms with Crippen LogP contribution in [-0.2, 0) is 11.4 Å². The van der Waals surface area contributed by atoms with E-state index in [0.717, 1.165) is 9.13 Å². The Bertz CT molecular complexity index is 897. The first-order chi connectivity index (χ1) is 12.5. The number of urea groups is 1. The Morgan fingerprint density at radius 1 is 1.15 bits per heavy atom. The molecule has 134 valence electrons. The molecule has 6 nitrogen and oxygen atoms in total. The minimum atomic E-state index is -0.554. The average molecular weight is 468 g/mol. The van der Waals surface area contributed by atoms with Crippen molar-refractivity contribution in [3.63, 3.8) is 0 Å². The van der Waals surface area contributed by atoms with Gasteiger partial charge in [0.15, 0.2) is 11.5 Å². The highest BCUT2D eigenvalue weighted by molar-refractivity contribution is 14.1. The summed E-state index contributed by atoms with van der Waals surface area (Å²) < 4.78 is 24.9. The standard InChI is InChI=1S/C18H14FIN2O4/c1-25-15-8-11(7-14-17(23)22-18(24)21-14)6-13(20)16(15)26-9-10-2-4-12(19)5-3-10/h2-8H,9H2,1H3,(H2,21,22,23,24)/b14-7+. The summed E-state index contributed by atoms with van der Waals surface area (Å²) in [6, 6.07) is 8.99. The average Bonchev–Trinajstić information content (AvgIpc) is 2.92. The molecule has 0 bridgehead atoms. The van der Waals surface area contributed by atoms with Gasteiger partial charge in [-0.15, -0.1) is 0 Å². The lowest BCUT2D eigenvalue weighted by atomic mass is 10.1. The molecule has 1 heterocycles. The van der Waals surface area contributed by atoms with Gasteiger partial charge in [-0.3, -0.25) is 10.1 Å². The summed E-state index contributed by atoms with van der Waals surface area (Å²) in [4.78, 5) is 22.8. The van der Waals surface area contributed by atoms with Gasteiger partial charge in [0.2, 0.25) is 0 Å². The summed E-state index contributed by atoms with van der Waals surface area (Å²) in [7, 11) is 1.51. The van der Waals surface area contributed by atoms with Crippen molar-refractivity contribution >= 4 is 40.6 Å². The first kappa shape index (κ1) is 18.2. The number of methoxy groups -OCH3 is 1. The fourth-order valence-electron chi connectivity index (χ4n) is 2.35. The van der Waals surface area contributed by atoms with Crippen LogP contribution in [0.25, 0.3) is 6.08 Å². The molecule has 0 spiro atoms. The molecule has 0 radical (unpaired) electrons. The minimum absolute atomic E-state index is 0.160. The largest absolute Gasteiger partial charge is 0.493 e. The van der Waals surface area contributed by atoms with E-state index in [4.69, 9.17) is 9.47 Å². The van der Waals surface area contributed by atoms with E-state index in [2.05, 4.69) is 33.2 Å². The highest BCUT2D eigenvalue weighted by atomic mass is 127. The number of amides is 3. The van der Waals surface area contributed by atoms with Crippen LogP contribution in [0.2, 0.25) is 0 Å². The lowest BCUT2D eigenvalue weighted by Crippen LogP contribution is -2.22. The van der Waals surface area contributed by atoms with Crippen molar-refractivity contribution in [2.24, 2.45) is 0 Å². The Balaban J connectivity index is 1.83. The Labute approximate surface area is 162 Å². The molecule has 0 unspecified atom stereocenters. The monoisotopic (exact) mass is 468 g/mol. The first-order valence-electron chi connectivity index (χ1n) is 7.55. The zero-order valence-corrected chi connectivity index (χ0v) is 15.8. The summed E-state index contributed by atoms with van der Waals surface area (Å²) in [6.45, 7) is 0.255. The first-order valence-corrected chi connectivity index (χ1v) is 8.63. The van der Waals surface area contributed by atoms with Gasteiger partial charge in [-0.2, -0.15) is 0 Å². The number of carbonyl (C=O) groups is 2. The van der Waals surface area contributed by atoms with Crippen molar-refractivity contribution in [3.8, 4) is 11.5 Å². The van der Waals surface area contributed by atoms with Crippen LogP contribution in [0.1, 0.15) is 11.1 Å². The molecule has 26 heavy (non-hydrogen) atoms. The summed E-state index contributed by atoms with van der Waals surface area (Å²) in [5.41, 5.74) is 1.65. The quantitative estimate of drug-likeness (QED) is 0.402. The number of imide groups is 1. The predicted octanol–water partition coefficient (Wildman–Crippen LogP) is 3.20. The number of hydrogen-bond donors (Lipinski definition) is 2. The zero-order chi connectivity index (χ0) is 18.7. The van der Waals surface area contributed by atoms with Gasteiger partial charge < -0.3 is 14.8 Å². The summed E-state index contributed by atoms with van der Waals surface area (Å²) in [5.74, 6) is 0.233. The molecule has 3 amide bonds. The van der Waals surface area contributed by atoms with Gasteiger partial charge in [0.05, 0.1) is 10.7 Å². The van der Waals surface area contributed by atoms with Crippen molar-refractivity contribution in [2.45, 2.75) is 6.61 Å². The number of rotatable bonds is 5. The molecular formula is C18H14FIN2O4. The molecule has 0 saturated carbocycles. The number of ether oxygens (including phenoxy) is 2. The fraction of sp³-hybridized carbons (Fsp3) is 0.111. The van der Waals surface area contributed by atoms with E-state index >= 15 is 0 Å². The zero-order valence-electron chi connectivity index (χ0n) is 13.6. The maximum atomic E-state index is 13.0. The fourth-order valence-corrected chi connectivity index (χ4v) is 3.13. The van der Waals surface area contributed by atoms with Crippen molar-refractivity contribution in [2.75, 3.05) is 7.11 Å². The van der Waals surface area contributed by atoms with Crippen LogP contribution < -0.4 is 20.1 Å². The van der Waals surface area contributed by atoms with Crippen LogP contribution in [0.5, 0.6) is 11.5 Å². The minimum Gasteiger partial charge on any atom is -0.493 e. The second-order valence-corrected chi connectivity index (χ2v) is 6.58. The molecule has 8 heteroatoms. The molecular weight excluding hydrogens is 454 g/mol. The van der Waals surface area contributed by atoms with Crippen molar-refractivity contribution < 1.29 is 23.5 Å². The summed E-state index contributed by atoms with van der Waals surface area (Å²) in [5, 5.41) is 4.57. The predicted molar refractivity (Wildman–Crippen MR) is 101 cm³/mol. The van der Waals surface area contributed by atoms with Gasteiger partial charge >= 0.3 is 6.03 Å². The lowest BCUT2D eigenvalue weighted by molar-refractivity contribution is -0.115. The molecule has 0 aliphatic carbocycles. The third-order valence-corrected chi connectivity index (χ3v) is 4.38. The van der Waals surface area contributed by atoms with E-state index in [1.807, 2.05) is 0 Å². The molecule has 2 aromatic carbocycles. The van der Waals surface area contributed by atoms with Crippen molar-refractivity contribution in [3.05, 3.63) is 62.6 Å². The number of hydrogen-bond acceptors (Lipinski definition) is 4. The van der Waals surface area contributed by atoms with Crippen LogP contribution in [0.4, 0.5) is 9.18 Å². The topological polar surface area (TPSA) is 76.7 Å². The molecule has 1 aliphatic rings. The Hall–Kier alpha value is -2.62. The second kappa shape index (κ2) is 7.73. The van der Waals surface area contributed by atoms with Crippen LogP contribution in [0, 0.1) is 9.39 Å². The van der Waals surface area contributed by atoms with Crippen molar-refractivity contribution in [1.82, 2.24) is 10.6 Å². The van der Waals surface area contributed by atoms with Gasteiger partial charge in [-0.05, 0) is 64.1 Å². The van der Waals surface area contributed by atoms with Gasteiger partial charge in [0, 0.05) is 0 Å². The van der Waals surface area contributed by atoms with E-state index < -0.39 is 11.9 Å². The number of benzene rings is 2. The SMILES string of the molecule is COc1cc(/C=C2/NC(=O)NC2=O)cc(I)c1OCc1ccc(F)cc1. The van der Waals surface area contributed by atoms with Gasteiger partial charge in [-0.25, -0.2) is 9.18 Å². The van der Waals surface area contributed by atoms with Gasteiger partial charge in [-0.1, -0.05) is 12.1 Å². The number of halogens is 2. The molecule has 1 aliphatic heterocycles. The Morgan fingerprint density at radius 2 is 1.88 bits per heavy atom. The number of carbonyl (C=O) groups excluding carboxylic acids is 2. The Kier molecular flexibility index (Phi) is 5.40. The third kappa shape index (κ3) is 4.13. The highest BCUT2D eigenvalue weighted by Gasteiger charge is 2.23. The summed E-state index contributed by atoms with van der Waals surface area (Å²) in [6.07, 6.45) is 1.55. The Morgan fingerprint density at radius 3 is 2.50 bits per heavy atom. The normalized spacial score (nSPS) is 15.0. The molecule has 1 fully saturated rings. The van der Waals surface area contributed by atoms with Crippen molar-refractivity contribution in [1.29, 1.82) is 0 Å². The maximum Gasteiger partial charge on any atom is 0.326 e. The van der Waals surface area contributed by atoms with Gasteiger partial charge in [0.25, 0.3) is 5.91 Å². The molecule has 3 rings (SSSR count). The maximum absolute atomic E-state index is 13.0. The molecule has 1 saturated heterocycles. The van der Waals surface area contributed by atoms with Gasteiger partial charge in [0.1, 0.15) is 18.1 Å². The molecule has 2 aromatic rings. The highest BCUT2D eigenvalue weighted by Crippen LogP contribution is 2.35. The smallest absolute Gasteiger partial charge is 0.326 e. The van der Waals surface area contributed by atoms with E-state index in [1.54, 1.807) is 30.3 Å². The second-order valence-electron chi connectivity index (χ2n) is 5.42. The van der Waals surface area contributed by atoms with Crippen LogP contribution >= 0.6 is 22.6 Å². The number of nitrogens with one attached hydrogen (secondary N) is 2. The van der Waals surface area contributed by atoms with Crippen LogP contribution in [0.15, 0.2) is 42.1 Å². The van der Waals surface area contributed by atoms with E-state index in [0.29, 0.717) is 17.1 Å². The van der Waals surface area contributed by atoms with E-state index in [1.165, 1.54) is 19.2 Å². The van der Waals surface area contributed by atoms with E-state index in [9.17, 15) is 14.0 Å². The van der Waals surface area contributed by atoms with Crippen LogP contribution in [-0.4, -0.2) is 19.0 Å². The summed E-state index contributed by atoms with van der Waals surface area (Å²) >= 11 is 2.10. The molecule has 2 N–H and O–H groups in total.